The Hall–Kier alpha value is -1.52. The lowest BCUT2D eigenvalue weighted by atomic mass is 10.2. The number of rotatable bonds is 5. The maximum absolute atomic E-state index is 11.6. The van der Waals surface area contributed by atoms with Crippen LogP contribution in [0.2, 0.25) is 5.02 Å². The van der Waals surface area contributed by atoms with Crippen LogP contribution in [0.3, 0.4) is 0 Å². The van der Waals surface area contributed by atoms with Crippen molar-refractivity contribution in [3.8, 4) is 5.75 Å². The summed E-state index contributed by atoms with van der Waals surface area (Å²) in [5, 5.41) is 0.664. The summed E-state index contributed by atoms with van der Waals surface area (Å²) in [6.07, 6.45) is 0. The minimum atomic E-state index is -0.351. The lowest BCUT2D eigenvalue weighted by molar-refractivity contribution is 0.0526. The van der Waals surface area contributed by atoms with Crippen LogP contribution >= 0.6 is 27.5 Å². The molecule has 2 rings (SSSR count). The van der Waals surface area contributed by atoms with Crippen LogP contribution in [-0.4, -0.2) is 12.6 Å². The van der Waals surface area contributed by atoms with Crippen molar-refractivity contribution in [2.45, 2.75) is 13.5 Å². The van der Waals surface area contributed by atoms with Gasteiger partial charge < -0.3 is 9.47 Å². The molecular formula is C16H14BrClO3. The third-order valence-corrected chi connectivity index (χ3v) is 3.77. The van der Waals surface area contributed by atoms with Gasteiger partial charge in [-0.25, -0.2) is 4.79 Å². The molecule has 5 heteroatoms. The maximum atomic E-state index is 11.6. The van der Waals surface area contributed by atoms with Crippen LogP contribution < -0.4 is 4.74 Å². The normalized spacial score (nSPS) is 10.2. The van der Waals surface area contributed by atoms with Crippen molar-refractivity contribution in [3.63, 3.8) is 0 Å². The second-order valence-electron chi connectivity index (χ2n) is 4.25. The van der Waals surface area contributed by atoms with Crippen LogP contribution in [0.25, 0.3) is 0 Å². The Bertz CT molecular complexity index is 643. The molecular weight excluding hydrogens is 356 g/mol. The monoisotopic (exact) mass is 368 g/mol. The molecule has 0 aliphatic carbocycles. The van der Waals surface area contributed by atoms with E-state index in [1.54, 1.807) is 25.1 Å². The molecule has 0 bridgehead atoms. The molecule has 0 aliphatic rings. The molecule has 0 aromatic heterocycles. The number of hydrogen-bond donors (Lipinski definition) is 0. The van der Waals surface area contributed by atoms with Crippen molar-refractivity contribution in [2.24, 2.45) is 0 Å². The zero-order valence-electron chi connectivity index (χ0n) is 11.4. The summed E-state index contributed by atoms with van der Waals surface area (Å²) in [5.41, 5.74) is 1.38. The lowest BCUT2D eigenvalue weighted by Crippen LogP contribution is -2.05. The van der Waals surface area contributed by atoms with E-state index in [1.807, 2.05) is 24.3 Å². The Balaban J connectivity index is 2.08. The van der Waals surface area contributed by atoms with Crippen LogP contribution in [-0.2, 0) is 11.3 Å². The molecule has 0 unspecified atom stereocenters. The predicted molar refractivity (Wildman–Crippen MR) is 85.9 cm³/mol. The summed E-state index contributed by atoms with van der Waals surface area (Å²) in [4.78, 5) is 11.6. The van der Waals surface area contributed by atoms with E-state index >= 15 is 0 Å². The summed E-state index contributed by atoms with van der Waals surface area (Å²) >= 11 is 9.47. The van der Waals surface area contributed by atoms with E-state index in [2.05, 4.69) is 15.9 Å². The Morgan fingerprint density at radius 2 is 2.00 bits per heavy atom. The van der Waals surface area contributed by atoms with E-state index < -0.39 is 0 Å². The first-order valence-corrected chi connectivity index (χ1v) is 7.61. The first-order chi connectivity index (χ1) is 10.1. The third kappa shape index (κ3) is 4.22. The molecule has 0 heterocycles. The van der Waals surface area contributed by atoms with Crippen molar-refractivity contribution in [1.82, 2.24) is 0 Å². The molecule has 3 nitrogen and oxygen atoms in total. The van der Waals surface area contributed by atoms with Gasteiger partial charge in [0.05, 0.1) is 16.6 Å². The van der Waals surface area contributed by atoms with Gasteiger partial charge >= 0.3 is 5.97 Å². The van der Waals surface area contributed by atoms with Gasteiger partial charge in [0.15, 0.2) is 0 Å². The highest BCUT2D eigenvalue weighted by Gasteiger charge is 2.10. The van der Waals surface area contributed by atoms with E-state index in [0.29, 0.717) is 34.0 Å². The number of carbonyl (C=O) groups is 1. The average molecular weight is 370 g/mol. The molecule has 110 valence electrons. The highest BCUT2D eigenvalue weighted by atomic mass is 79.9. The summed E-state index contributed by atoms with van der Waals surface area (Å²) < 4.78 is 11.4. The first kappa shape index (κ1) is 15.9. The molecule has 0 saturated carbocycles. The molecule has 0 aliphatic heterocycles. The topological polar surface area (TPSA) is 35.5 Å². The molecule has 0 fully saturated rings. The second kappa shape index (κ2) is 7.48. The van der Waals surface area contributed by atoms with E-state index in [1.165, 1.54) is 0 Å². The fraction of sp³-hybridized carbons (Fsp3) is 0.188. The van der Waals surface area contributed by atoms with Gasteiger partial charge in [-0.15, -0.1) is 0 Å². The van der Waals surface area contributed by atoms with Gasteiger partial charge in [0.1, 0.15) is 12.4 Å². The largest absolute Gasteiger partial charge is 0.488 e. The highest BCUT2D eigenvalue weighted by Crippen LogP contribution is 2.28. The van der Waals surface area contributed by atoms with Gasteiger partial charge in [0.2, 0.25) is 0 Å². The van der Waals surface area contributed by atoms with Gasteiger partial charge in [-0.3, -0.25) is 0 Å². The second-order valence-corrected chi connectivity index (χ2v) is 5.51. The van der Waals surface area contributed by atoms with Crippen LogP contribution in [0.1, 0.15) is 22.8 Å². The van der Waals surface area contributed by atoms with Crippen molar-refractivity contribution >= 4 is 33.5 Å². The Labute approximate surface area is 137 Å². The summed E-state index contributed by atoms with van der Waals surface area (Å²) in [7, 11) is 0. The predicted octanol–water partition coefficient (Wildman–Crippen LogP) is 4.86. The minimum absolute atomic E-state index is 0.348. The van der Waals surface area contributed by atoms with Gasteiger partial charge in [0.25, 0.3) is 0 Å². The van der Waals surface area contributed by atoms with Gasteiger partial charge in [-0.2, -0.15) is 0 Å². The Kier molecular flexibility index (Phi) is 5.65. The van der Waals surface area contributed by atoms with Crippen molar-refractivity contribution in [2.75, 3.05) is 6.61 Å². The smallest absolute Gasteiger partial charge is 0.338 e. The van der Waals surface area contributed by atoms with Gasteiger partial charge in [-0.05, 0) is 47.1 Å². The summed E-state index contributed by atoms with van der Waals surface area (Å²) in [6, 6.07) is 12.6. The fourth-order valence-corrected chi connectivity index (χ4v) is 2.41. The SMILES string of the molecule is CCOC(=O)c1ccc(OCc2ccccc2Cl)c(Br)c1. The third-order valence-electron chi connectivity index (χ3n) is 2.78. The zero-order valence-corrected chi connectivity index (χ0v) is 13.8. The average Bonchev–Trinajstić information content (AvgIpc) is 2.47. The van der Waals surface area contributed by atoms with Crippen molar-refractivity contribution in [3.05, 3.63) is 63.1 Å². The first-order valence-electron chi connectivity index (χ1n) is 6.44. The van der Waals surface area contributed by atoms with Crippen LogP contribution in [0.15, 0.2) is 46.9 Å². The quantitative estimate of drug-likeness (QED) is 0.706. The molecule has 0 saturated heterocycles. The van der Waals surface area contributed by atoms with Crippen LogP contribution in [0.4, 0.5) is 0 Å². The van der Waals surface area contributed by atoms with Gasteiger partial charge in [-0.1, -0.05) is 29.8 Å². The number of halogens is 2. The minimum Gasteiger partial charge on any atom is -0.488 e. The maximum Gasteiger partial charge on any atom is 0.338 e. The molecule has 21 heavy (non-hydrogen) atoms. The molecule has 2 aromatic carbocycles. The number of benzene rings is 2. The molecule has 0 N–H and O–H groups in total. The zero-order chi connectivity index (χ0) is 15.2. The summed E-state index contributed by atoms with van der Waals surface area (Å²) in [5.74, 6) is 0.291. The van der Waals surface area contributed by atoms with Crippen molar-refractivity contribution < 1.29 is 14.3 Å². The molecule has 0 amide bonds. The molecule has 0 radical (unpaired) electrons. The van der Waals surface area contributed by atoms with E-state index in [9.17, 15) is 4.79 Å². The highest BCUT2D eigenvalue weighted by molar-refractivity contribution is 9.10. The molecule has 2 aromatic rings. The molecule has 0 spiro atoms. The van der Waals surface area contributed by atoms with E-state index in [0.717, 1.165) is 5.56 Å². The number of hydrogen-bond acceptors (Lipinski definition) is 3. The van der Waals surface area contributed by atoms with Gasteiger partial charge in [0, 0.05) is 10.6 Å². The Morgan fingerprint density at radius 1 is 1.24 bits per heavy atom. The number of ether oxygens (including phenoxy) is 2. The Morgan fingerprint density at radius 3 is 2.67 bits per heavy atom. The van der Waals surface area contributed by atoms with Crippen LogP contribution in [0, 0.1) is 0 Å². The van der Waals surface area contributed by atoms with E-state index in [-0.39, 0.29) is 5.97 Å². The standard InChI is InChI=1S/C16H14BrClO3/c1-2-20-16(19)11-7-8-15(13(17)9-11)21-10-12-5-3-4-6-14(12)18/h3-9H,2,10H2,1H3. The summed E-state index contributed by atoms with van der Waals surface area (Å²) in [6.45, 7) is 2.48. The lowest BCUT2D eigenvalue weighted by Gasteiger charge is -2.10. The van der Waals surface area contributed by atoms with Crippen molar-refractivity contribution in [1.29, 1.82) is 0 Å². The van der Waals surface area contributed by atoms with E-state index in [4.69, 9.17) is 21.1 Å². The molecule has 0 atom stereocenters. The fourth-order valence-electron chi connectivity index (χ4n) is 1.73. The number of esters is 1. The van der Waals surface area contributed by atoms with Crippen LogP contribution in [0.5, 0.6) is 5.75 Å². The number of carbonyl (C=O) groups excluding carboxylic acids is 1.